The van der Waals surface area contributed by atoms with Gasteiger partial charge in [-0.2, -0.15) is 4.72 Å². The molecule has 2 amide bonds. The zero-order valence-electron chi connectivity index (χ0n) is 12.3. The molecule has 1 aromatic heterocycles. The Hall–Kier alpha value is -2.65. The molecule has 0 unspecified atom stereocenters. The number of nitrogens with two attached hydrogens (primary N) is 2. The average Bonchev–Trinajstić information content (AvgIpc) is 2.88. The molecule has 1 aromatic carbocycles. The van der Waals surface area contributed by atoms with E-state index in [4.69, 9.17) is 11.5 Å². The van der Waals surface area contributed by atoms with Gasteiger partial charge < -0.3 is 16.0 Å². The van der Waals surface area contributed by atoms with E-state index < -0.39 is 27.9 Å². The highest BCUT2D eigenvalue weighted by Crippen LogP contribution is 2.18. The molecule has 0 aliphatic rings. The predicted octanol–water partition coefficient (Wildman–Crippen LogP) is -0.371. The fraction of sp³-hybridized carbons (Fsp3) is 0.143. The van der Waals surface area contributed by atoms with Gasteiger partial charge in [0, 0.05) is 13.2 Å². The second kappa shape index (κ2) is 6.23. The second-order valence-electron chi connectivity index (χ2n) is 4.90. The monoisotopic (exact) mass is 336 g/mol. The number of nitrogens with one attached hydrogen (secondary N) is 1. The standard InChI is InChI=1S/C14H16N4O4S/c1-18-8-10(7-11(18)13(15)19)23(21,22)17-12(14(16)20)9-5-3-2-4-6-9/h2-8,12,17H,1H3,(H2,15,19)(H2,16,20)/t12-/m0/s1. The van der Waals surface area contributed by atoms with Crippen molar-refractivity contribution in [2.75, 3.05) is 0 Å². The van der Waals surface area contributed by atoms with Gasteiger partial charge >= 0.3 is 0 Å². The first-order valence-electron chi connectivity index (χ1n) is 6.55. The summed E-state index contributed by atoms with van der Waals surface area (Å²) in [5.41, 5.74) is 10.9. The molecule has 0 spiro atoms. The van der Waals surface area contributed by atoms with Crippen LogP contribution in [0.1, 0.15) is 22.1 Å². The number of amides is 2. The quantitative estimate of drug-likeness (QED) is 0.662. The lowest BCUT2D eigenvalue weighted by molar-refractivity contribution is -0.119. The summed E-state index contributed by atoms with van der Waals surface area (Å²) in [5.74, 6) is -1.60. The zero-order valence-corrected chi connectivity index (χ0v) is 13.1. The van der Waals surface area contributed by atoms with E-state index in [1.165, 1.54) is 17.8 Å². The van der Waals surface area contributed by atoms with Gasteiger partial charge in [0.05, 0.1) is 0 Å². The summed E-state index contributed by atoms with van der Waals surface area (Å²) in [6.45, 7) is 0. The molecule has 23 heavy (non-hydrogen) atoms. The highest BCUT2D eigenvalue weighted by Gasteiger charge is 2.27. The average molecular weight is 336 g/mol. The summed E-state index contributed by atoms with van der Waals surface area (Å²) in [6, 6.07) is 8.12. The summed E-state index contributed by atoms with van der Waals surface area (Å²) >= 11 is 0. The lowest BCUT2D eigenvalue weighted by Gasteiger charge is -2.15. The Morgan fingerprint density at radius 2 is 1.78 bits per heavy atom. The number of nitrogens with zero attached hydrogens (tertiary/aromatic N) is 1. The molecule has 122 valence electrons. The Labute approximate surface area is 133 Å². The fourth-order valence-corrected chi connectivity index (χ4v) is 3.35. The fourth-order valence-electron chi connectivity index (χ4n) is 2.09. The number of benzene rings is 1. The van der Waals surface area contributed by atoms with Crippen molar-refractivity contribution in [3.05, 3.63) is 53.9 Å². The molecular weight excluding hydrogens is 320 g/mol. The molecule has 1 atom stereocenters. The Kier molecular flexibility index (Phi) is 4.52. The zero-order chi connectivity index (χ0) is 17.2. The van der Waals surface area contributed by atoms with Gasteiger partial charge in [0.1, 0.15) is 16.6 Å². The van der Waals surface area contributed by atoms with Gasteiger partial charge in [-0.05, 0) is 11.6 Å². The van der Waals surface area contributed by atoms with Crippen molar-refractivity contribution in [3.63, 3.8) is 0 Å². The highest BCUT2D eigenvalue weighted by molar-refractivity contribution is 7.89. The minimum absolute atomic E-state index is 0.0284. The third-order valence-electron chi connectivity index (χ3n) is 3.23. The minimum Gasteiger partial charge on any atom is -0.368 e. The maximum atomic E-state index is 12.4. The smallest absolute Gasteiger partial charge is 0.265 e. The van der Waals surface area contributed by atoms with E-state index in [1.807, 2.05) is 0 Å². The van der Waals surface area contributed by atoms with Gasteiger partial charge in [0.15, 0.2) is 0 Å². The van der Waals surface area contributed by atoms with Crippen LogP contribution in [0.5, 0.6) is 0 Å². The molecule has 0 aliphatic carbocycles. The van der Waals surface area contributed by atoms with Crippen LogP contribution >= 0.6 is 0 Å². The molecule has 0 radical (unpaired) electrons. The maximum Gasteiger partial charge on any atom is 0.265 e. The number of carbonyl (C=O) groups is 2. The van der Waals surface area contributed by atoms with Crippen LogP contribution in [-0.2, 0) is 21.9 Å². The lowest BCUT2D eigenvalue weighted by atomic mass is 10.1. The molecule has 8 nitrogen and oxygen atoms in total. The van der Waals surface area contributed by atoms with E-state index in [1.54, 1.807) is 30.3 Å². The van der Waals surface area contributed by atoms with Crippen molar-refractivity contribution in [2.45, 2.75) is 10.9 Å². The SMILES string of the molecule is Cn1cc(S(=O)(=O)N[C@H](C(N)=O)c2ccccc2)cc1C(N)=O. The highest BCUT2D eigenvalue weighted by atomic mass is 32.2. The lowest BCUT2D eigenvalue weighted by Crippen LogP contribution is -2.37. The topological polar surface area (TPSA) is 137 Å². The van der Waals surface area contributed by atoms with Crippen LogP contribution in [0, 0.1) is 0 Å². The maximum absolute atomic E-state index is 12.4. The van der Waals surface area contributed by atoms with E-state index in [-0.39, 0.29) is 10.6 Å². The largest absolute Gasteiger partial charge is 0.368 e. The van der Waals surface area contributed by atoms with Crippen LogP contribution in [0.2, 0.25) is 0 Å². The number of aromatic nitrogens is 1. The normalized spacial score (nSPS) is 12.7. The molecule has 9 heteroatoms. The first kappa shape index (κ1) is 16.7. The number of hydrogen-bond acceptors (Lipinski definition) is 4. The van der Waals surface area contributed by atoms with Gasteiger partial charge in [-0.3, -0.25) is 9.59 Å². The van der Waals surface area contributed by atoms with E-state index in [2.05, 4.69) is 4.72 Å². The second-order valence-corrected chi connectivity index (χ2v) is 6.62. The molecule has 0 bridgehead atoms. The summed E-state index contributed by atoms with van der Waals surface area (Å²) in [5, 5.41) is 0. The van der Waals surface area contributed by atoms with E-state index in [0.29, 0.717) is 5.56 Å². The number of carbonyl (C=O) groups excluding carboxylic acids is 2. The minimum atomic E-state index is -4.07. The molecule has 0 saturated heterocycles. The van der Waals surface area contributed by atoms with Crippen LogP contribution < -0.4 is 16.2 Å². The third kappa shape index (κ3) is 3.58. The van der Waals surface area contributed by atoms with Crippen molar-refractivity contribution in [1.82, 2.24) is 9.29 Å². The molecule has 2 aromatic rings. The van der Waals surface area contributed by atoms with Gasteiger partial charge in [-0.1, -0.05) is 30.3 Å². The van der Waals surface area contributed by atoms with Gasteiger partial charge in [0.2, 0.25) is 15.9 Å². The molecule has 5 N–H and O–H groups in total. The third-order valence-corrected chi connectivity index (χ3v) is 4.62. The van der Waals surface area contributed by atoms with Crippen molar-refractivity contribution in [3.8, 4) is 0 Å². The van der Waals surface area contributed by atoms with Crippen LogP contribution in [0.25, 0.3) is 0 Å². The van der Waals surface area contributed by atoms with Crippen molar-refractivity contribution >= 4 is 21.8 Å². The Morgan fingerprint density at radius 3 is 2.26 bits per heavy atom. The van der Waals surface area contributed by atoms with E-state index in [0.717, 1.165) is 6.07 Å². The van der Waals surface area contributed by atoms with Crippen LogP contribution in [0.3, 0.4) is 0 Å². The predicted molar refractivity (Wildman–Crippen MR) is 82.6 cm³/mol. The first-order chi connectivity index (χ1) is 10.7. The van der Waals surface area contributed by atoms with Gasteiger partial charge in [-0.15, -0.1) is 0 Å². The number of aryl methyl sites for hydroxylation is 1. The molecule has 0 aliphatic heterocycles. The van der Waals surface area contributed by atoms with Gasteiger partial charge in [-0.25, -0.2) is 8.42 Å². The van der Waals surface area contributed by atoms with E-state index >= 15 is 0 Å². The Morgan fingerprint density at radius 1 is 1.17 bits per heavy atom. The summed E-state index contributed by atoms with van der Waals surface area (Å²) in [7, 11) is -2.58. The Balaban J connectivity index is 2.37. The number of primary amides is 2. The first-order valence-corrected chi connectivity index (χ1v) is 8.03. The number of hydrogen-bond donors (Lipinski definition) is 3. The van der Waals surface area contributed by atoms with E-state index in [9.17, 15) is 18.0 Å². The van der Waals surface area contributed by atoms with Crippen LogP contribution in [-0.4, -0.2) is 24.8 Å². The van der Waals surface area contributed by atoms with Crippen LogP contribution in [0.4, 0.5) is 0 Å². The van der Waals surface area contributed by atoms with Crippen molar-refractivity contribution < 1.29 is 18.0 Å². The van der Waals surface area contributed by atoms with Crippen LogP contribution in [0.15, 0.2) is 47.5 Å². The van der Waals surface area contributed by atoms with Gasteiger partial charge in [0.25, 0.3) is 5.91 Å². The summed E-state index contributed by atoms with van der Waals surface area (Å²) < 4.78 is 28.4. The summed E-state index contributed by atoms with van der Waals surface area (Å²) in [6.07, 6.45) is 1.23. The number of sulfonamides is 1. The molecule has 0 saturated carbocycles. The number of rotatable bonds is 6. The van der Waals surface area contributed by atoms with Crippen molar-refractivity contribution in [2.24, 2.45) is 18.5 Å². The Bertz CT molecular complexity index is 843. The summed E-state index contributed by atoms with van der Waals surface area (Å²) in [4.78, 5) is 22.6. The molecule has 0 fully saturated rings. The molecule has 1 heterocycles. The molecule has 2 rings (SSSR count). The molecular formula is C14H16N4O4S. The van der Waals surface area contributed by atoms with Crippen molar-refractivity contribution in [1.29, 1.82) is 0 Å².